The summed E-state index contributed by atoms with van der Waals surface area (Å²) in [5.74, 6) is 2.51. The monoisotopic (exact) mass is 298 g/mol. The van der Waals surface area contributed by atoms with Crippen molar-refractivity contribution in [3.05, 3.63) is 41.6 Å². The second kappa shape index (κ2) is 6.66. The summed E-state index contributed by atoms with van der Waals surface area (Å²) >= 11 is 0. The number of aryl methyl sites for hydroxylation is 1. The Morgan fingerprint density at radius 3 is 2.77 bits per heavy atom. The predicted octanol–water partition coefficient (Wildman–Crippen LogP) is 4.52. The summed E-state index contributed by atoms with van der Waals surface area (Å²) in [5.41, 5.74) is 3.39. The Hall–Kier alpha value is -1.61. The molecule has 0 bridgehead atoms. The van der Waals surface area contributed by atoms with Gasteiger partial charge in [-0.3, -0.25) is 4.90 Å². The first-order valence-corrected chi connectivity index (χ1v) is 8.38. The molecule has 0 unspecified atom stereocenters. The number of likely N-dealkylation sites (tertiary alicyclic amines) is 1. The van der Waals surface area contributed by atoms with Gasteiger partial charge in [-0.1, -0.05) is 49.3 Å². The minimum absolute atomic E-state index is 0.764. The van der Waals surface area contributed by atoms with Crippen LogP contribution >= 0.6 is 0 Å². The van der Waals surface area contributed by atoms with Gasteiger partial charge < -0.3 is 4.52 Å². The van der Waals surface area contributed by atoms with Gasteiger partial charge in [0.1, 0.15) is 0 Å². The van der Waals surface area contributed by atoms with Crippen molar-refractivity contribution < 1.29 is 4.52 Å². The van der Waals surface area contributed by atoms with E-state index < -0.39 is 0 Å². The zero-order chi connectivity index (χ0) is 15.5. The molecule has 2 aromatic rings. The molecular formula is C19H26N2O. The van der Waals surface area contributed by atoms with Crippen LogP contribution in [-0.4, -0.2) is 23.1 Å². The maximum atomic E-state index is 5.62. The molecule has 3 rings (SSSR count). The van der Waals surface area contributed by atoms with Crippen LogP contribution in [0.25, 0.3) is 11.3 Å². The van der Waals surface area contributed by atoms with Crippen molar-refractivity contribution in [1.82, 2.24) is 10.1 Å². The maximum absolute atomic E-state index is 5.62. The van der Waals surface area contributed by atoms with Crippen LogP contribution in [-0.2, 0) is 6.54 Å². The van der Waals surface area contributed by atoms with E-state index >= 15 is 0 Å². The molecule has 1 atom stereocenters. The topological polar surface area (TPSA) is 29.3 Å². The highest BCUT2D eigenvalue weighted by molar-refractivity contribution is 5.61. The SMILES string of the molecule is Cc1noc(-c2ccccc2)c1CN1CCC[C@@H](C(C)C)C1. The Morgan fingerprint density at radius 2 is 2.05 bits per heavy atom. The molecule has 0 radical (unpaired) electrons. The lowest BCUT2D eigenvalue weighted by Gasteiger charge is -2.34. The molecule has 3 nitrogen and oxygen atoms in total. The van der Waals surface area contributed by atoms with Gasteiger partial charge in [-0.15, -0.1) is 0 Å². The minimum atomic E-state index is 0.764. The molecule has 0 saturated carbocycles. The average molecular weight is 298 g/mol. The van der Waals surface area contributed by atoms with E-state index in [-0.39, 0.29) is 0 Å². The number of rotatable bonds is 4. The standard InChI is InChI=1S/C19H26N2O/c1-14(2)17-10-7-11-21(12-17)13-18-15(3)20-22-19(18)16-8-5-4-6-9-16/h4-6,8-9,14,17H,7,10-13H2,1-3H3/t17-/m1/s1. The number of hydrogen-bond donors (Lipinski definition) is 0. The van der Waals surface area contributed by atoms with Crippen molar-refractivity contribution >= 4 is 0 Å². The highest BCUT2D eigenvalue weighted by Gasteiger charge is 2.25. The highest BCUT2D eigenvalue weighted by atomic mass is 16.5. The van der Waals surface area contributed by atoms with Crippen LogP contribution in [0.1, 0.15) is 37.9 Å². The molecule has 118 valence electrons. The Balaban J connectivity index is 1.79. The summed E-state index contributed by atoms with van der Waals surface area (Å²) in [5, 5.41) is 4.21. The zero-order valence-corrected chi connectivity index (χ0v) is 13.9. The summed E-state index contributed by atoms with van der Waals surface area (Å²) < 4.78 is 5.62. The fourth-order valence-corrected chi connectivity index (χ4v) is 3.39. The minimum Gasteiger partial charge on any atom is -0.356 e. The number of piperidine rings is 1. The van der Waals surface area contributed by atoms with E-state index in [2.05, 4.69) is 43.0 Å². The van der Waals surface area contributed by atoms with Gasteiger partial charge in [0.05, 0.1) is 5.69 Å². The molecule has 1 aliphatic rings. The molecule has 1 aromatic heterocycles. The van der Waals surface area contributed by atoms with Crippen molar-refractivity contribution in [2.75, 3.05) is 13.1 Å². The second-order valence-electron chi connectivity index (χ2n) is 6.82. The fraction of sp³-hybridized carbons (Fsp3) is 0.526. The first-order chi connectivity index (χ1) is 10.6. The third-order valence-corrected chi connectivity index (χ3v) is 4.89. The lowest BCUT2D eigenvalue weighted by molar-refractivity contribution is 0.139. The Morgan fingerprint density at radius 1 is 1.27 bits per heavy atom. The Kier molecular flexibility index (Phi) is 4.63. The molecule has 1 aliphatic heterocycles. The van der Waals surface area contributed by atoms with Gasteiger partial charge in [-0.2, -0.15) is 0 Å². The molecule has 0 spiro atoms. The Labute approximate surface area is 133 Å². The van der Waals surface area contributed by atoms with E-state index in [0.29, 0.717) is 0 Å². The van der Waals surface area contributed by atoms with Gasteiger partial charge in [0.15, 0.2) is 5.76 Å². The molecule has 1 fully saturated rings. The van der Waals surface area contributed by atoms with E-state index in [4.69, 9.17) is 4.52 Å². The van der Waals surface area contributed by atoms with E-state index in [1.165, 1.54) is 31.5 Å². The fourth-order valence-electron chi connectivity index (χ4n) is 3.39. The summed E-state index contributed by atoms with van der Waals surface area (Å²) in [6.07, 6.45) is 2.66. The van der Waals surface area contributed by atoms with E-state index in [1.807, 2.05) is 18.2 Å². The second-order valence-corrected chi connectivity index (χ2v) is 6.82. The molecule has 0 amide bonds. The van der Waals surface area contributed by atoms with E-state index in [1.54, 1.807) is 0 Å². The number of hydrogen-bond acceptors (Lipinski definition) is 3. The van der Waals surface area contributed by atoms with Crippen molar-refractivity contribution in [2.45, 2.75) is 40.2 Å². The number of aromatic nitrogens is 1. The van der Waals surface area contributed by atoms with Gasteiger partial charge >= 0.3 is 0 Å². The zero-order valence-electron chi connectivity index (χ0n) is 13.9. The lowest BCUT2D eigenvalue weighted by Crippen LogP contribution is -2.37. The van der Waals surface area contributed by atoms with Crippen molar-refractivity contribution in [1.29, 1.82) is 0 Å². The van der Waals surface area contributed by atoms with Crippen LogP contribution in [0, 0.1) is 18.8 Å². The normalized spacial score (nSPS) is 19.7. The largest absolute Gasteiger partial charge is 0.356 e. The highest BCUT2D eigenvalue weighted by Crippen LogP contribution is 2.30. The van der Waals surface area contributed by atoms with Crippen LogP contribution in [0.4, 0.5) is 0 Å². The molecule has 1 saturated heterocycles. The first-order valence-electron chi connectivity index (χ1n) is 8.38. The molecule has 3 heteroatoms. The van der Waals surface area contributed by atoms with Crippen LogP contribution in [0.3, 0.4) is 0 Å². The van der Waals surface area contributed by atoms with Crippen molar-refractivity contribution in [3.63, 3.8) is 0 Å². The average Bonchev–Trinajstić information content (AvgIpc) is 2.89. The van der Waals surface area contributed by atoms with Crippen LogP contribution < -0.4 is 0 Å². The van der Waals surface area contributed by atoms with Crippen molar-refractivity contribution in [2.24, 2.45) is 11.8 Å². The van der Waals surface area contributed by atoms with Gasteiger partial charge in [0, 0.05) is 24.2 Å². The smallest absolute Gasteiger partial charge is 0.171 e. The molecular weight excluding hydrogens is 272 g/mol. The van der Waals surface area contributed by atoms with Crippen LogP contribution in [0.5, 0.6) is 0 Å². The van der Waals surface area contributed by atoms with Gasteiger partial charge in [0.25, 0.3) is 0 Å². The quantitative estimate of drug-likeness (QED) is 0.831. The summed E-state index contributed by atoms with van der Waals surface area (Å²) in [6.45, 7) is 10.1. The van der Waals surface area contributed by atoms with E-state index in [9.17, 15) is 0 Å². The molecule has 1 aromatic carbocycles. The number of benzene rings is 1. The predicted molar refractivity (Wildman–Crippen MR) is 89.5 cm³/mol. The van der Waals surface area contributed by atoms with Crippen molar-refractivity contribution in [3.8, 4) is 11.3 Å². The number of nitrogens with zero attached hydrogens (tertiary/aromatic N) is 2. The summed E-state index contributed by atoms with van der Waals surface area (Å²) in [7, 11) is 0. The third kappa shape index (κ3) is 3.25. The molecule has 0 N–H and O–H groups in total. The lowest BCUT2D eigenvalue weighted by atomic mass is 9.87. The van der Waals surface area contributed by atoms with Gasteiger partial charge in [-0.25, -0.2) is 0 Å². The van der Waals surface area contributed by atoms with Gasteiger partial charge in [-0.05, 0) is 38.1 Å². The third-order valence-electron chi connectivity index (χ3n) is 4.89. The van der Waals surface area contributed by atoms with Crippen LogP contribution in [0.2, 0.25) is 0 Å². The first kappa shape index (κ1) is 15.3. The van der Waals surface area contributed by atoms with E-state index in [0.717, 1.165) is 35.4 Å². The summed E-state index contributed by atoms with van der Waals surface area (Å²) in [4.78, 5) is 2.57. The maximum Gasteiger partial charge on any atom is 0.171 e. The van der Waals surface area contributed by atoms with Gasteiger partial charge in [0.2, 0.25) is 0 Å². The molecule has 2 heterocycles. The van der Waals surface area contributed by atoms with Crippen LogP contribution in [0.15, 0.2) is 34.9 Å². The molecule has 0 aliphatic carbocycles. The molecule has 22 heavy (non-hydrogen) atoms. The summed E-state index contributed by atoms with van der Waals surface area (Å²) in [6, 6.07) is 10.3. The Bertz CT molecular complexity index is 603.